The Morgan fingerprint density at radius 3 is 2.87 bits per heavy atom. The Kier molecular flexibility index (Phi) is 3.33. The maximum absolute atomic E-state index is 10.5. The van der Waals surface area contributed by atoms with E-state index in [9.17, 15) is 10.1 Å². The summed E-state index contributed by atoms with van der Waals surface area (Å²) in [5, 5.41) is 24.9. The Hall–Kier alpha value is -2.44. The van der Waals surface area contributed by atoms with Gasteiger partial charge in [0.25, 0.3) is 5.69 Å². The largest absolute Gasteiger partial charge is 0.411 e. The molecule has 1 aromatic rings. The van der Waals surface area contributed by atoms with E-state index in [1.807, 2.05) is 0 Å². The predicted octanol–water partition coefficient (Wildman–Crippen LogP) is 0.718. The van der Waals surface area contributed by atoms with Crippen molar-refractivity contribution >= 4 is 17.6 Å². The van der Waals surface area contributed by atoms with Crippen molar-refractivity contribution < 1.29 is 10.1 Å². The third-order valence-electron chi connectivity index (χ3n) is 1.67. The van der Waals surface area contributed by atoms with Gasteiger partial charge in [0.15, 0.2) is 0 Å². The van der Waals surface area contributed by atoms with Crippen molar-refractivity contribution in [3.8, 4) is 0 Å². The lowest BCUT2D eigenvalue weighted by Gasteiger charge is -1.98. The topological polar surface area (TPSA) is 114 Å². The first-order valence-corrected chi connectivity index (χ1v) is 3.89. The van der Waals surface area contributed by atoms with E-state index in [1.54, 1.807) is 6.07 Å². The van der Waals surface area contributed by atoms with Crippen LogP contribution in [0.4, 0.5) is 5.69 Å². The predicted molar refractivity (Wildman–Crippen MR) is 54.1 cm³/mol. The van der Waals surface area contributed by atoms with Gasteiger partial charge in [0.2, 0.25) is 0 Å². The summed E-state index contributed by atoms with van der Waals surface area (Å²) in [7, 11) is 0. The zero-order valence-electron chi connectivity index (χ0n) is 7.57. The maximum atomic E-state index is 10.5. The molecule has 0 saturated heterocycles. The summed E-state index contributed by atoms with van der Waals surface area (Å²) in [6.45, 7) is 0. The summed E-state index contributed by atoms with van der Waals surface area (Å²) < 4.78 is 0. The average molecular weight is 208 g/mol. The summed E-state index contributed by atoms with van der Waals surface area (Å²) in [4.78, 5) is 9.94. The van der Waals surface area contributed by atoms with E-state index in [0.29, 0.717) is 5.56 Å². The summed E-state index contributed by atoms with van der Waals surface area (Å²) in [6.07, 6.45) is 0.999. The molecule has 7 heteroatoms. The van der Waals surface area contributed by atoms with Crippen LogP contribution in [0.5, 0.6) is 0 Å². The fraction of sp³-hybridized carbons (Fsp3) is 0. The van der Waals surface area contributed by atoms with Gasteiger partial charge in [0, 0.05) is 17.7 Å². The number of hydrogen-bond donors (Lipinski definition) is 2. The van der Waals surface area contributed by atoms with Crippen LogP contribution >= 0.6 is 0 Å². The fourth-order valence-electron chi connectivity index (χ4n) is 1.02. The van der Waals surface area contributed by atoms with E-state index in [1.165, 1.54) is 18.2 Å². The molecule has 0 spiro atoms. The van der Waals surface area contributed by atoms with Crippen molar-refractivity contribution in [1.29, 1.82) is 0 Å². The fourth-order valence-corrected chi connectivity index (χ4v) is 1.02. The summed E-state index contributed by atoms with van der Waals surface area (Å²) in [6, 6.07) is 5.69. The highest BCUT2D eigenvalue weighted by atomic mass is 16.6. The molecule has 0 aromatic heterocycles. The van der Waals surface area contributed by atoms with Gasteiger partial charge < -0.3 is 11.0 Å². The van der Waals surface area contributed by atoms with E-state index in [0.717, 1.165) is 6.21 Å². The van der Waals surface area contributed by atoms with Crippen LogP contribution < -0.4 is 5.84 Å². The molecule has 0 atom stereocenters. The van der Waals surface area contributed by atoms with E-state index in [4.69, 9.17) is 11.0 Å². The first-order chi connectivity index (χ1) is 7.19. The van der Waals surface area contributed by atoms with Gasteiger partial charge in [-0.15, -0.1) is 0 Å². The third kappa shape index (κ3) is 2.50. The molecule has 1 aromatic carbocycles. The van der Waals surface area contributed by atoms with Crippen molar-refractivity contribution in [2.24, 2.45) is 16.1 Å². The number of hydrazone groups is 1. The van der Waals surface area contributed by atoms with Crippen LogP contribution in [0.3, 0.4) is 0 Å². The van der Waals surface area contributed by atoms with Gasteiger partial charge in [-0.05, 0) is 0 Å². The third-order valence-corrected chi connectivity index (χ3v) is 1.67. The van der Waals surface area contributed by atoms with Crippen molar-refractivity contribution in [2.45, 2.75) is 0 Å². The van der Waals surface area contributed by atoms with Crippen molar-refractivity contribution in [2.75, 3.05) is 0 Å². The monoisotopic (exact) mass is 208 g/mol. The highest BCUT2D eigenvalue weighted by Crippen LogP contribution is 2.13. The number of nitro benzene ring substituents is 1. The number of non-ortho nitro benzene ring substituents is 1. The van der Waals surface area contributed by atoms with Crippen LogP contribution in [0.2, 0.25) is 0 Å². The van der Waals surface area contributed by atoms with Gasteiger partial charge >= 0.3 is 0 Å². The lowest BCUT2D eigenvalue weighted by Crippen LogP contribution is -2.06. The molecule has 3 N–H and O–H groups in total. The Morgan fingerprint density at radius 2 is 2.33 bits per heavy atom. The van der Waals surface area contributed by atoms with Crippen LogP contribution in [0.15, 0.2) is 34.5 Å². The number of nitro groups is 1. The lowest BCUT2D eigenvalue weighted by atomic mass is 10.1. The van der Waals surface area contributed by atoms with Gasteiger partial charge in [-0.3, -0.25) is 10.1 Å². The Bertz CT molecular complexity index is 428. The van der Waals surface area contributed by atoms with Gasteiger partial charge in [0.05, 0.1) is 11.1 Å². The number of oxime groups is 1. The number of rotatable bonds is 3. The summed E-state index contributed by atoms with van der Waals surface area (Å²) >= 11 is 0. The van der Waals surface area contributed by atoms with Gasteiger partial charge in [-0.1, -0.05) is 17.3 Å². The highest BCUT2D eigenvalue weighted by molar-refractivity contribution is 6.38. The van der Waals surface area contributed by atoms with Gasteiger partial charge in [-0.2, -0.15) is 5.10 Å². The molecule has 15 heavy (non-hydrogen) atoms. The zero-order chi connectivity index (χ0) is 11.3. The molecule has 0 fully saturated rings. The van der Waals surface area contributed by atoms with E-state index in [2.05, 4.69) is 10.3 Å². The second-order valence-electron chi connectivity index (χ2n) is 2.57. The SMILES string of the molecule is NN=C(C=NO)c1cccc([N+](=O)[O-])c1. The van der Waals surface area contributed by atoms with Crippen LogP contribution in [-0.4, -0.2) is 22.1 Å². The van der Waals surface area contributed by atoms with E-state index < -0.39 is 4.92 Å². The summed E-state index contributed by atoms with van der Waals surface area (Å²) in [5.74, 6) is 5.03. The zero-order valence-corrected chi connectivity index (χ0v) is 7.57. The summed E-state index contributed by atoms with van der Waals surface area (Å²) in [5.41, 5.74) is 0.477. The molecule has 78 valence electrons. The average Bonchev–Trinajstić information content (AvgIpc) is 2.26. The highest BCUT2D eigenvalue weighted by Gasteiger charge is 2.08. The molecular formula is C8H8N4O3. The lowest BCUT2D eigenvalue weighted by molar-refractivity contribution is -0.384. The Morgan fingerprint density at radius 1 is 1.60 bits per heavy atom. The molecular weight excluding hydrogens is 200 g/mol. The van der Waals surface area contributed by atoms with Crippen molar-refractivity contribution in [3.63, 3.8) is 0 Å². The molecule has 0 aliphatic rings. The minimum absolute atomic E-state index is 0.0833. The van der Waals surface area contributed by atoms with Crippen LogP contribution in [0.25, 0.3) is 0 Å². The molecule has 0 bridgehead atoms. The van der Waals surface area contributed by atoms with E-state index >= 15 is 0 Å². The Balaban J connectivity index is 3.15. The first kappa shape index (κ1) is 10.6. The standard InChI is InChI=1S/C8H8N4O3/c9-11-8(5-10-13)6-2-1-3-7(4-6)12(14)15/h1-5,13H,9H2. The molecule has 0 amide bonds. The number of benzene rings is 1. The van der Waals surface area contributed by atoms with Gasteiger partial charge in [0.1, 0.15) is 5.71 Å². The van der Waals surface area contributed by atoms with Crippen molar-refractivity contribution in [1.82, 2.24) is 0 Å². The minimum atomic E-state index is -0.534. The number of nitrogens with zero attached hydrogens (tertiary/aromatic N) is 3. The molecule has 0 saturated carbocycles. The number of nitrogens with two attached hydrogens (primary N) is 1. The first-order valence-electron chi connectivity index (χ1n) is 3.89. The number of hydrogen-bond acceptors (Lipinski definition) is 6. The molecule has 1 rings (SSSR count). The molecule has 0 radical (unpaired) electrons. The maximum Gasteiger partial charge on any atom is 0.270 e. The molecule has 0 aliphatic heterocycles. The van der Waals surface area contributed by atoms with Crippen LogP contribution in [-0.2, 0) is 0 Å². The molecule has 7 nitrogen and oxygen atoms in total. The van der Waals surface area contributed by atoms with Crippen molar-refractivity contribution in [3.05, 3.63) is 39.9 Å². The second kappa shape index (κ2) is 4.70. The molecule has 0 unspecified atom stereocenters. The smallest absolute Gasteiger partial charge is 0.270 e. The normalized spacial score (nSPS) is 11.9. The minimum Gasteiger partial charge on any atom is -0.411 e. The molecule has 0 heterocycles. The molecule has 0 aliphatic carbocycles. The van der Waals surface area contributed by atoms with Gasteiger partial charge in [-0.25, -0.2) is 0 Å². The quantitative estimate of drug-likeness (QED) is 0.250. The Labute approximate surface area is 84.7 Å². The van der Waals surface area contributed by atoms with Crippen LogP contribution in [0.1, 0.15) is 5.56 Å². The van der Waals surface area contributed by atoms with Crippen LogP contribution in [0, 0.1) is 10.1 Å². The van der Waals surface area contributed by atoms with E-state index in [-0.39, 0.29) is 11.4 Å². The second-order valence-corrected chi connectivity index (χ2v) is 2.57.